The van der Waals surface area contributed by atoms with Gasteiger partial charge in [-0.1, -0.05) is 30.3 Å². The van der Waals surface area contributed by atoms with Crippen molar-refractivity contribution >= 4 is 29.9 Å². The third-order valence-electron chi connectivity index (χ3n) is 3.03. The number of nitrogens with two attached hydrogens (primary N) is 1. The Hall–Kier alpha value is -0.780. The third kappa shape index (κ3) is 5.80. The lowest BCUT2D eigenvalue weighted by Crippen LogP contribution is -2.45. The largest absolute Gasteiger partial charge is 0.370 e. The lowest BCUT2D eigenvalue weighted by atomic mass is 10.1. The first kappa shape index (κ1) is 16.3. The van der Waals surface area contributed by atoms with Gasteiger partial charge in [-0.25, -0.2) is 4.99 Å². The van der Waals surface area contributed by atoms with E-state index in [0.29, 0.717) is 17.9 Å². The molecule has 1 fully saturated rings. The van der Waals surface area contributed by atoms with Crippen LogP contribution in [0.25, 0.3) is 0 Å². The van der Waals surface area contributed by atoms with Gasteiger partial charge in [0.05, 0.1) is 6.04 Å². The van der Waals surface area contributed by atoms with Crippen LogP contribution in [0.15, 0.2) is 35.3 Å². The summed E-state index contributed by atoms with van der Waals surface area (Å²) in [6.07, 6.45) is 2.26. The predicted molar refractivity (Wildman–Crippen MR) is 92.0 cm³/mol. The first-order valence-electron chi connectivity index (χ1n) is 6.59. The van der Waals surface area contributed by atoms with Crippen molar-refractivity contribution in [3.63, 3.8) is 0 Å². The SMILES string of the molecule is CC(C)(C)NC(N)=NC1CC1Cc1ccccc1.I. The van der Waals surface area contributed by atoms with Gasteiger partial charge in [0.25, 0.3) is 0 Å². The average Bonchev–Trinajstić information content (AvgIpc) is 2.94. The fourth-order valence-corrected chi connectivity index (χ4v) is 2.12. The summed E-state index contributed by atoms with van der Waals surface area (Å²) in [5.41, 5.74) is 7.27. The Balaban J connectivity index is 0.00000180. The van der Waals surface area contributed by atoms with Crippen LogP contribution in [0.5, 0.6) is 0 Å². The maximum Gasteiger partial charge on any atom is 0.189 e. The number of aliphatic imine (C=N–C) groups is 1. The Bertz CT molecular complexity index is 423. The summed E-state index contributed by atoms with van der Waals surface area (Å²) >= 11 is 0. The molecule has 0 saturated heterocycles. The molecule has 1 aliphatic rings. The van der Waals surface area contributed by atoms with Gasteiger partial charge in [0.15, 0.2) is 5.96 Å². The van der Waals surface area contributed by atoms with E-state index in [9.17, 15) is 0 Å². The van der Waals surface area contributed by atoms with Crippen molar-refractivity contribution in [3.8, 4) is 0 Å². The topological polar surface area (TPSA) is 50.4 Å². The molecule has 2 unspecified atom stereocenters. The molecule has 1 aliphatic carbocycles. The molecule has 0 heterocycles. The molecule has 0 aliphatic heterocycles. The summed E-state index contributed by atoms with van der Waals surface area (Å²) in [6, 6.07) is 11.0. The van der Waals surface area contributed by atoms with Crippen LogP contribution < -0.4 is 11.1 Å². The van der Waals surface area contributed by atoms with Gasteiger partial charge in [-0.2, -0.15) is 0 Å². The molecule has 3 nitrogen and oxygen atoms in total. The van der Waals surface area contributed by atoms with Gasteiger partial charge in [0.2, 0.25) is 0 Å². The second-order valence-electron chi connectivity index (χ2n) is 6.14. The van der Waals surface area contributed by atoms with Crippen LogP contribution in [-0.2, 0) is 6.42 Å². The summed E-state index contributed by atoms with van der Waals surface area (Å²) in [5.74, 6) is 1.23. The number of halogens is 1. The van der Waals surface area contributed by atoms with Crippen molar-refractivity contribution in [1.82, 2.24) is 5.32 Å². The van der Waals surface area contributed by atoms with Crippen LogP contribution >= 0.6 is 24.0 Å². The van der Waals surface area contributed by atoms with Crippen LogP contribution in [0.4, 0.5) is 0 Å². The minimum absolute atomic E-state index is 0. The Labute approximate surface area is 133 Å². The van der Waals surface area contributed by atoms with Gasteiger partial charge in [0.1, 0.15) is 0 Å². The maximum absolute atomic E-state index is 5.90. The number of rotatable bonds is 3. The second-order valence-corrected chi connectivity index (χ2v) is 6.14. The van der Waals surface area contributed by atoms with E-state index in [2.05, 4.69) is 61.4 Å². The Kier molecular flexibility index (Phi) is 5.64. The van der Waals surface area contributed by atoms with Crippen LogP contribution in [-0.4, -0.2) is 17.5 Å². The van der Waals surface area contributed by atoms with Crippen LogP contribution in [0.3, 0.4) is 0 Å². The van der Waals surface area contributed by atoms with Gasteiger partial charge >= 0.3 is 0 Å². The van der Waals surface area contributed by atoms with Crippen molar-refractivity contribution in [2.75, 3.05) is 0 Å². The molecule has 19 heavy (non-hydrogen) atoms. The Morgan fingerprint density at radius 3 is 2.53 bits per heavy atom. The van der Waals surface area contributed by atoms with Gasteiger partial charge < -0.3 is 11.1 Å². The highest BCUT2D eigenvalue weighted by Crippen LogP contribution is 2.36. The van der Waals surface area contributed by atoms with Crippen molar-refractivity contribution < 1.29 is 0 Å². The van der Waals surface area contributed by atoms with E-state index in [1.165, 1.54) is 5.56 Å². The lowest BCUT2D eigenvalue weighted by molar-refractivity contribution is 0.508. The molecule has 3 N–H and O–H groups in total. The van der Waals surface area contributed by atoms with Gasteiger partial charge in [-0.15, -0.1) is 24.0 Å². The highest BCUT2D eigenvalue weighted by molar-refractivity contribution is 14.0. The predicted octanol–water partition coefficient (Wildman–Crippen LogP) is 2.94. The van der Waals surface area contributed by atoms with E-state index in [4.69, 9.17) is 5.73 Å². The molecule has 0 spiro atoms. The van der Waals surface area contributed by atoms with Crippen molar-refractivity contribution in [3.05, 3.63) is 35.9 Å². The first-order valence-corrected chi connectivity index (χ1v) is 6.59. The first-order chi connectivity index (χ1) is 8.44. The van der Waals surface area contributed by atoms with Crippen molar-refractivity contribution in [2.24, 2.45) is 16.6 Å². The van der Waals surface area contributed by atoms with Crippen LogP contribution in [0.2, 0.25) is 0 Å². The highest BCUT2D eigenvalue weighted by Gasteiger charge is 2.37. The van der Waals surface area contributed by atoms with E-state index in [1.807, 2.05) is 0 Å². The summed E-state index contributed by atoms with van der Waals surface area (Å²) < 4.78 is 0. The zero-order valence-electron chi connectivity index (χ0n) is 11.9. The smallest absolute Gasteiger partial charge is 0.189 e. The molecular weight excluding hydrogens is 349 g/mol. The molecule has 2 atom stereocenters. The molecule has 1 aromatic carbocycles. The van der Waals surface area contributed by atoms with Crippen molar-refractivity contribution in [2.45, 2.75) is 45.2 Å². The molecule has 0 radical (unpaired) electrons. The molecule has 4 heteroatoms. The van der Waals surface area contributed by atoms with E-state index < -0.39 is 0 Å². The lowest BCUT2D eigenvalue weighted by Gasteiger charge is -2.21. The van der Waals surface area contributed by atoms with Gasteiger partial charge in [0, 0.05) is 5.54 Å². The molecule has 2 rings (SSSR count). The Morgan fingerprint density at radius 2 is 1.95 bits per heavy atom. The summed E-state index contributed by atoms with van der Waals surface area (Å²) in [4.78, 5) is 4.53. The molecule has 106 valence electrons. The van der Waals surface area contributed by atoms with E-state index in [0.717, 1.165) is 12.8 Å². The highest BCUT2D eigenvalue weighted by atomic mass is 127. The van der Waals surface area contributed by atoms with Gasteiger partial charge in [-0.05, 0) is 45.1 Å². The summed E-state index contributed by atoms with van der Waals surface area (Å²) in [6.45, 7) is 6.26. The number of hydrogen-bond donors (Lipinski definition) is 2. The van der Waals surface area contributed by atoms with Crippen LogP contribution in [0, 0.1) is 5.92 Å². The fourth-order valence-electron chi connectivity index (χ4n) is 2.12. The van der Waals surface area contributed by atoms with E-state index in [-0.39, 0.29) is 29.5 Å². The Morgan fingerprint density at radius 1 is 1.32 bits per heavy atom. The normalized spacial score (nSPS) is 22.6. The van der Waals surface area contributed by atoms with Gasteiger partial charge in [-0.3, -0.25) is 0 Å². The minimum Gasteiger partial charge on any atom is -0.370 e. The minimum atomic E-state index is -0.0165. The van der Waals surface area contributed by atoms with E-state index >= 15 is 0 Å². The number of hydrogen-bond acceptors (Lipinski definition) is 1. The number of nitrogens with one attached hydrogen (secondary N) is 1. The fraction of sp³-hybridized carbons (Fsp3) is 0.533. The standard InChI is InChI=1S/C15H23N3.HI/c1-15(2,3)18-14(16)17-13-10-12(13)9-11-7-5-4-6-8-11;/h4-8,12-13H,9-10H2,1-3H3,(H3,16,17,18);1H. The second kappa shape index (κ2) is 6.59. The number of benzene rings is 1. The molecule has 1 saturated carbocycles. The molecular formula is C15H24IN3. The number of nitrogens with zero attached hydrogens (tertiary/aromatic N) is 1. The molecule has 0 amide bonds. The third-order valence-corrected chi connectivity index (χ3v) is 3.03. The maximum atomic E-state index is 5.90. The quantitative estimate of drug-likeness (QED) is 0.486. The number of guanidine groups is 1. The van der Waals surface area contributed by atoms with Crippen LogP contribution in [0.1, 0.15) is 32.8 Å². The van der Waals surface area contributed by atoms with Crippen molar-refractivity contribution in [1.29, 1.82) is 0 Å². The zero-order chi connectivity index (χ0) is 13.2. The summed E-state index contributed by atoms with van der Waals surface area (Å²) in [7, 11) is 0. The molecule has 0 bridgehead atoms. The monoisotopic (exact) mass is 373 g/mol. The van der Waals surface area contributed by atoms with E-state index in [1.54, 1.807) is 0 Å². The summed E-state index contributed by atoms with van der Waals surface area (Å²) in [5, 5.41) is 3.20. The molecule has 1 aromatic rings. The molecule has 0 aromatic heterocycles. The zero-order valence-corrected chi connectivity index (χ0v) is 14.2. The average molecular weight is 373 g/mol.